The first-order chi connectivity index (χ1) is 8.47. The van der Waals surface area contributed by atoms with E-state index in [-0.39, 0.29) is 0 Å². The van der Waals surface area contributed by atoms with E-state index in [1.807, 2.05) is 13.0 Å². The molecule has 1 aliphatic heterocycles. The van der Waals surface area contributed by atoms with Gasteiger partial charge in [0.05, 0.1) is 4.90 Å². The minimum atomic E-state index is -3.09. The molecule has 0 radical (unpaired) electrons. The fourth-order valence-electron chi connectivity index (χ4n) is 2.49. The van der Waals surface area contributed by atoms with Crippen LogP contribution in [0.1, 0.15) is 30.4 Å². The Hall–Kier alpha value is -0.870. The Bertz CT molecular complexity index is 517. The van der Waals surface area contributed by atoms with Crippen LogP contribution in [-0.4, -0.2) is 27.3 Å². The Kier molecular flexibility index (Phi) is 4.07. The zero-order valence-electron chi connectivity index (χ0n) is 11.1. The molecule has 0 aromatic heterocycles. The van der Waals surface area contributed by atoms with Crippen LogP contribution < -0.4 is 5.32 Å². The number of hydrogen-bond donors (Lipinski definition) is 1. The first kappa shape index (κ1) is 13.6. The summed E-state index contributed by atoms with van der Waals surface area (Å²) >= 11 is 0. The molecule has 1 aromatic carbocycles. The van der Waals surface area contributed by atoms with Crippen molar-refractivity contribution in [1.29, 1.82) is 0 Å². The molecule has 1 saturated heterocycles. The van der Waals surface area contributed by atoms with Crippen molar-refractivity contribution in [3.05, 3.63) is 29.3 Å². The Morgan fingerprint density at radius 2 is 2.11 bits per heavy atom. The minimum absolute atomic E-state index is 0.417. The second-order valence-electron chi connectivity index (χ2n) is 5.21. The number of sulfone groups is 1. The molecule has 1 atom stereocenters. The van der Waals surface area contributed by atoms with E-state index >= 15 is 0 Å². The number of benzene rings is 1. The smallest absolute Gasteiger partial charge is 0.175 e. The van der Waals surface area contributed by atoms with Crippen LogP contribution in [0.25, 0.3) is 0 Å². The highest BCUT2D eigenvalue weighted by molar-refractivity contribution is 7.90. The molecule has 0 amide bonds. The molecule has 2 rings (SSSR count). The first-order valence-corrected chi connectivity index (χ1v) is 8.39. The fourth-order valence-corrected chi connectivity index (χ4v) is 3.20. The number of aryl methyl sites for hydroxylation is 1. The van der Waals surface area contributed by atoms with Crippen molar-refractivity contribution in [2.45, 2.75) is 43.5 Å². The van der Waals surface area contributed by atoms with Crippen LogP contribution in [0.2, 0.25) is 0 Å². The normalized spacial score (nSPS) is 20.9. The van der Waals surface area contributed by atoms with E-state index in [1.165, 1.54) is 31.1 Å². The SMILES string of the molecule is Cc1cc(S(C)(=O)=O)ccc1CC1CCCCN1. The Morgan fingerprint density at radius 3 is 2.67 bits per heavy atom. The van der Waals surface area contributed by atoms with Crippen LogP contribution >= 0.6 is 0 Å². The van der Waals surface area contributed by atoms with E-state index in [0.29, 0.717) is 10.9 Å². The zero-order chi connectivity index (χ0) is 13.2. The Balaban J connectivity index is 2.14. The molecule has 1 heterocycles. The molecule has 1 aromatic rings. The second-order valence-corrected chi connectivity index (χ2v) is 7.23. The lowest BCUT2D eigenvalue weighted by molar-refractivity contribution is 0.399. The molecule has 0 spiro atoms. The first-order valence-electron chi connectivity index (χ1n) is 6.50. The average Bonchev–Trinajstić information content (AvgIpc) is 2.32. The van der Waals surface area contributed by atoms with Crippen molar-refractivity contribution in [1.82, 2.24) is 5.32 Å². The summed E-state index contributed by atoms with van der Waals surface area (Å²) < 4.78 is 22.9. The number of piperidine rings is 1. The van der Waals surface area contributed by atoms with Gasteiger partial charge in [0, 0.05) is 12.3 Å². The fraction of sp³-hybridized carbons (Fsp3) is 0.571. The Labute approximate surface area is 110 Å². The lowest BCUT2D eigenvalue weighted by atomic mass is 9.95. The van der Waals surface area contributed by atoms with Gasteiger partial charge in [-0.05, 0) is 56.0 Å². The highest BCUT2D eigenvalue weighted by Gasteiger charge is 2.15. The third kappa shape index (κ3) is 3.33. The maximum atomic E-state index is 11.5. The van der Waals surface area contributed by atoms with Crippen molar-refractivity contribution in [2.75, 3.05) is 12.8 Å². The summed E-state index contributed by atoms with van der Waals surface area (Å²) in [6.07, 6.45) is 6.02. The van der Waals surface area contributed by atoms with E-state index < -0.39 is 9.84 Å². The van der Waals surface area contributed by atoms with Crippen LogP contribution in [0.5, 0.6) is 0 Å². The summed E-state index contributed by atoms with van der Waals surface area (Å²) in [5, 5.41) is 3.52. The van der Waals surface area contributed by atoms with Gasteiger partial charge in [-0.15, -0.1) is 0 Å². The largest absolute Gasteiger partial charge is 0.314 e. The summed E-state index contributed by atoms with van der Waals surface area (Å²) in [6.45, 7) is 3.10. The number of hydrogen-bond acceptors (Lipinski definition) is 3. The molecule has 4 heteroatoms. The summed E-state index contributed by atoms with van der Waals surface area (Å²) in [4.78, 5) is 0.417. The topological polar surface area (TPSA) is 46.2 Å². The van der Waals surface area contributed by atoms with Gasteiger partial charge in [-0.3, -0.25) is 0 Å². The average molecular weight is 267 g/mol. The van der Waals surface area contributed by atoms with Gasteiger partial charge in [-0.2, -0.15) is 0 Å². The molecule has 100 valence electrons. The van der Waals surface area contributed by atoms with E-state index in [0.717, 1.165) is 18.5 Å². The van der Waals surface area contributed by atoms with Crippen LogP contribution in [0.3, 0.4) is 0 Å². The van der Waals surface area contributed by atoms with Gasteiger partial charge in [-0.25, -0.2) is 8.42 Å². The van der Waals surface area contributed by atoms with Crippen molar-refractivity contribution in [2.24, 2.45) is 0 Å². The summed E-state index contributed by atoms with van der Waals surface area (Å²) in [5.41, 5.74) is 2.33. The summed E-state index contributed by atoms with van der Waals surface area (Å²) in [6, 6.07) is 6.01. The maximum Gasteiger partial charge on any atom is 0.175 e. The zero-order valence-corrected chi connectivity index (χ0v) is 11.9. The highest BCUT2D eigenvalue weighted by atomic mass is 32.2. The predicted octanol–water partition coefficient (Wildman–Crippen LogP) is 2.08. The molecule has 1 aliphatic rings. The van der Waals surface area contributed by atoms with Crippen LogP contribution in [-0.2, 0) is 16.3 Å². The van der Waals surface area contributed by atoms with Gasteiger partial charge in [0.25, 0.3) is 0 Å². The third-order valence-electron chi connectivity index (χ3n) is 3.62. The molecule has 1 fully saturated rings. The van der Waals surface area contributed by atoms with Gasteiger partial charge in [0.15, 0.2) is 9.84 Å². The molecule has 0 bridgehead atoms. The molecule has 1 unspecified atom stereocenters. The molecule has 18 heavy (non-hydrogen) atoms. The lowest BCUT2D eigenvalue weighted by Crippen LogP contribution is -2.35. The minimum Gasteiger partial charge on any atom is -0.314 e. The molecule has 3 nitrogen and oxygen atoms in total. The predicted molar refractivity (Wildman–Crippen MR) is 73.6 cm³/mol. The van der Waals surface area contributed by atoms with Crippen LogP contribution in [0.15, 0.2) is 23.1 Å². The third-order valence-corrected chi connectivity index (χ3v) is 4.73. The lowest BCUT2D eigenvalue weighted by Gasteiger charge is -2.24. The van der Waals surface area contributed by atoms with Gasteiger partial charge < -0.3 is 5.32 Å². The molecule has 1 N–H and O–H groups in total. The van der Waals surface area contributed by atoms with E-state index in [1.54, 1.807) is 12.1 Å². The van der Waals surface area contributed by atoms with Crippen molar-refractivity contribution >= 4 is 9.84 Å². The van der Waals surface area contributed by atoms with E-state index in [9.17, 15) is 8.42 Å². The number of nitrogens with one attached hydrogen (secondary N) is 1. The van der Waals surface area contributed by atoms with Crippen LogP contribution in [0, 0.1) is 6.92 Å². The maximum absolute atomic E-state index is 11.5. The molecule has 0 saturated carbocycles. The van der Waals surface area contributed by atoms with Crippen molar-refractivity contribution < 1.29 is 8.42 Å². The van der Waals surface area contributed by atoms with E-state index in [2.05, 4.69) is 5.32 Å². The van der Waals surface area contributed by atoms with Gasteiger partial charge in [0.2, 0.25) is 0 Å². The van der Waals surface area contributed by atoms with Gasteiger partial charge in [-0.1, -0.05) is 12.5 Å². The van der Waals surface area contributed by atoms with Crippen molar-refractivity contribution in [3.8, 4) is 0 Å². The van der Waals surface area contributed by atoms with Crippen molar-refractivity contribution in [3.63, 3.8) is 0 Å². The van der Waals surface area contributed by atoms with Gasteiger partial charge >= 0.3 is 0 Å². The quantitative estimate of drug-likeness (QED) is 0.912. The monoisotopic (exact) mass is 267 g/mol. The molecular weight excluding hydrogens is 246 g/mol. The number of rotatable bonds is 3. The van der Waals surface area contributed by atoms with Crippen LogP contribution in [0.4, 0.5) is 0 Å². The van der Waals surface area contributed by atoms with E-state index in [4.69, 9.17) is 0 Å². The summed E-state index contributed by atoms with van der Waals surface area (Å²) in [5.74, 6) is 0. The molecule has 0 aliphatic carbocycles. The molecular formula is C14H21NO2S. The summed E-state index contributed by atoms with van der Waals surface area (Å²) in [7, 11) is -3.09. The second kappa shape index (κ2) is 5.41. The van der Waals surface area contributed by atoms with Gasteiger partial charge in [0.1, 0.15) is 0 Å². The Morgan fingerprint density at radius 1 is 1.33 bits per heavy atom. The highest BCUT2D eigenvalue weighted by Crippen LogP contribution is 2.19. The standard InChI is InChI=1S/C14H21NO2S/c1-11-9-14(18(2,16)17)7-6-12(11)10-13-5-3-4-8-15-13/h6-7,9,13,15H,3-5,8,10H2,1-2H3.